The molecule has 2 atom stereocenters. The molecule has 1 aliphatic heterocycles. The lowest BCUT2D eigenvalue weighted by Gasteiger charge is -2.26. The molecule has 5 heteroatoms. The van der Waals surface area contributed by atoms with E-state index in [0.717, 1.165) is 23.5 Å². The van der Waals surface area contributed by atoms with Gasteiger partial charge in [0, 0.05) is 5.92 Å². The molecule has 0 fully saturated rings. The molecule has 0 aliphatic carbocycles. The smallest absolute Gasteiger partial charge is 0.372 e. The number of aliphatic carboxylic acids is 1. The number of Topliss-reactive ketones (excluding diaryl/α,β-unsaturated/α-hetero) is 1. The van der Waals surface area contributed by atoms with Crippen LogP contribution < -0.4 is 10.1 Å². The van der Waals surface area contributed by atoms with E-state index < -0.39 is 17.7 Å². The normalized spacial score (nSPS) is 18.4. The number of benzene rings is 1. The molecule has 0 amide bonds. The largest absolute Gasteiger partial charge is 0.487 e. The summed E-state index contributed by atoms with van der Waals surface area (Å²) in [4.78, 5) is 22.7. The maximum Gasteiger partial charge on any atom is 0.372 e. The van der Waals surface area contributed by atoms with Crippen molar-refractivity contribution >= 4 is 17.4 Å². The standard InChI is InChI=1S/C16H21NO4/c1-9(2)12(15(18)16(19)20)6-11-4-5-14-13(7-11)17-8-10(3)21-14/h4-5,7,9-10,12,17H,6,8H2,1-3H3,(H,19,20). The maximum absolute atomic E-state index is 11.8. The minimum Gasteiger partial charge on any atom is -0.487 e. The van der Waals surface area contributed by atoms with Gasteiger partial charge < -0.3 is 15.2 Å². The van der Waals surface area contributed by atoms with Gasteiger partial charge in [0.1, 0.15) is 11.9 Å². The quantitative estimate of drug-likeness (QED) is 0.814. The second-order valence-corrected chi connectivity index (χ2v) is 5.86. The van der Waals surface area contributed by atoms with Crippen LogP contribution >= 0.6 is 0 Å². The number of carbonyl (C=O) groups is 2. The van der Waals surface area contributed by atoms with Crippen LogP contribution in [0.25, 0.3) is 0 Å². The van der Waals surface area contributed by atoms with Crippen LogP contribution in [0, 0.1) is 11.8 Å². The van der Waals surface area contributed by atoms with Crippen LogP contribution in [-0.4, -0.2) is 29.5 Å². The van der Waals surface area contributed by atoms with Crippen LogP contribution in [0.5, 0.6) is 5.75 Å². The van der Waals surface area contributed by atoms with E-state index in [1.165, 1.54) is 0 Å². The Morgan fingerprint density at radius 2 is 2.14 bits per heavy atom. The lowest BCUT2D eigenvalue weighted by atomic mass is 9.85. The average Bonchev–Trinajstić information content (AvgIpc) is 2.43. The van der Waals surface area contributed by atoms with E-state index in [4.69, 9.17) is 9.84 Å². The second kappa shape index (κ2) is 6.16. The molecule has 2 N–H and O–H groups in total. The van der Waals surface area contributed by atoms with Gasteiger partial charge in [-0.15, -0.1) is 0 Å². The van der Waals surface area contributed by atoms with E-state index in [0.29, 0.717) is 6.42 Å². The van der Waals surface area contributed by atoms with Crippen molar-refractivity contribution in [2.75, 3.05) is 11.9 Å². The van der Waals surface area contributed by atoms with Gasteiger partial charge in [-0.05, 0) is 37.0 Å². The Morgan fingerprint density at radius 3 is 2.76 bits per heavy atom. The number of anilines is 1. The highest BCUT2D eigenvalue weighted by molar-refractivity contribution is 6.33. The van der Waals surface area contributed by atoms with Gasteiger partial charge in [0.25, 0.3) is 0 Å². The van der Waals surface area contributed by atoms with Crippen molar-refractivity contribution in [1.29, 1.82) is 0 Å². The van der Waals surface area contributed by atoms with Gasteiger partial charge in [-0.25, -0.2) is 4.79 Å². The molecule has 0 saturated carbocycles. The van der Waals surface area contributed by atoms with Crippen molar-refractivity contribution in [3.63, 3.8) is 0 Å². The van der Waals surface area contributed by atoms with Crippen LogP contribution in [0.1, 0.15) is 26.3 Å². The molecule has 0 aromatic heterocycles. The zero-order valence-electron chi connectivity index (χ0n) is 12.6. The molecule has 5 nitrogen and oxygen atoms in total. The highest BCUT2D eigenvalue weighted by atomic mass is 16.5. The SMILES string of the molecule is CC1CNc2cc(CC(C(=O)C(=O)O)C(C)C)ccc2O1. The van der Waals surface area contributed by atoms with E-state index >= 15 is 0 Å². The fourth-order valence-corrected chi connectivity index (χ4v) is 2.50. The molecule has 114 valence electrons. The third-order valence-electron chi connectivity index (χ3n) is 3.76. The van der Waals surface area contributed by atoms with Gasteiger partial charge >= 0.3 is 5.97 Å². The minimum atomic E-state index is -1.36. The van der Waals surface area contributed by atoms with E-state index in [-0.39, 0.29) is 12.0 Å². The van der Waals surface area contributed by atoms with Crippen LogP contribution in [-0.2, 0) is 16.0 Å². The molecule has 1 aromatic rings. The van der Waals surface area contributed by atoms with E-state index in [2.05, 4.69) is 5.32 Å². The lowest BCUT2D eigenvalue weighted by molar-refractivity contribution is -0.151. The first kappa shape index (κ1) is 15.4. The maximum atomic E-state index is 11.8. The number of nitrogens with one attached hydrogen (secondary N) is 1. The molecule has 0 saturated heterocycles. The number of carboxylic acids is 1. The Labute approximate surface area is 124 Å². The topological polar surface area (TPSA) is 75.6 Å². The number of rotatable bonds is 5. The van der Waals surface area contributed by atoms with Crippen LogP contribution in [0.2, 0.25) is 0 Å². The Bertz CT molecular complexity index is 553. The number of fused-ring (bicyclic) bond motifs is 1. The molecule has 21 heavy (non-hydrogen) atoms. The zero-order valence-corrected chi connectivity index (χ0v) is 12.6. The molecule has 1 aliphatic rings. The molecule has 0 radical (unpaired) electrons. The summed E-state index contributed by atoms with van der Waals surface area (Å²) < 4.78 is 5.70. The molecule has 0 spiro atoms. The first-order valence-corrected chi connectivity index (χ1v) is 7.19. The number of carboxylic acid groups (broad SMARTS) is 1. The number of ketones is 1. The predicted octanol–water partition coefficient (Wildman–Crippen LogP) is 2.35. The number of carbonyl (C=O) groups excluding carboxylic acids is 1. The Kier molecular flexibility index (Phi) is 4.50. The molecule has 2 rings (SSSR count). The van der Waals surface area contributed by atoms with Crippen molar-refractivity contribution in [3.8, 4) is 5.75 Å². The second-order valence-electron chi connectivity index (χ2n) is 5.86. The van der Waals surface area contributed by atoms with Gasteiger partial charge in [0.15, 0.2) is 0 Å². The summed E-state index contributed by atoms with van der Waals surface area (Å²) >= 11 is 0. The van der Waals surface area contributed by atoms with Crippen molar-refractivity contribution in [2.24, 2.45) is 11.8 Å². The predicted molar refractivity (Wildman–Crippen MR) is 79.7 cm³/mol. The lowest BCUT2D eigenvalue weighted by Crippen LogP contribution is -2.30. The summed E-state index contributed by atoms with van der Waals surface area (Å²) in [7, 11) is 0. The highest BCUT2D eigenvalue weighted by Crippen LogP contribution is 2.31. The Morgan fingerprint density at radius 1 is 1.43 bits per heavy atom. The number of ether oxygens (including phenoxy) is 1. The summed E-state index contributed by atoms with van der Waals surface area (Å²) in [5.41, 5.74) is 1.84. The van der Waals surface area contributed by atoms with Crippen LogP contribution in [0.15, 0.2) is 18.2 Å². The molecular formula is C16H21NO4. The van der Waals surface area contributed by atoms with Crippen LogP contribution in [0.4, 0.5) is 5.69 Å². The van der Waals surface area contributed by atoms with Crippen LogP contribution in [0.3, 0.4) is 0 Å². The van der Waals surface area contributed by atoms with Gasteiger partial charge in [-0.1, -0.05) is 19.9 Å². The Hall–Kier alpha value is -2.04. The van der Waals surface area contributed by atoms with Crippen molar-refractivity contribution < 1.29 is 19.4 Å². The first-order valence-electron chi connectivity index (χ1n) is 7.19. The van der Waals surface area contributed by atoms with E-state index in [1.807, 2.05) is 39.0 Å². The Balaban J connectivity index is 2.18. The number of hydrogen-bond donors (Lipinski definition) is 2. The summed E-state index contributed by atoms with van der Waals surface area (Å²) in [6.07, 6.45) is 0.549. The van der Waals surface area contributed by atoms with Crippen molar-refractivity contribution in [1.82, 2.24) is 0 Å². The van der Waals surface area contributed by atoms with E-state index in [9.17, 15) is 9.59 Å². The molecular weight excluding hydrogens is 270 g/mol. The highest BCUT2D eigenvalue weighted by Gasteiger charge is 2.28. The fraction of sp³-hybridized carbons (Fsp3) is 0.500. The van der Waals surface area contributed by atoms with Crippen molar-refractivity contribution in [2.45, 2.75) is 33.3 Å². The summed E-state index contributed by atoms with van der Waals surface area (Å²) in [5, 5.41) is 12.2. The summed E-state index contributed by atoms with van der Waals surface area (Å²) in [5.74, 6) is -1.82. The van der Waals surface area contributed by atoms with Gasteiger partial charge in [-0.2, -0.15) is 0 Å². The minimum absolute atomic E-state index is 0.0196. The summed E-state index contributed by atoms with van der Waals surface area (Å²) in [6, 6.07) is 5.70. The van der Waals surface area contributed by atoms with E-state index in [1.54, 1.807) is 0 Å². The van der Waals surface area contributed by atoms with Gasteiger partial charge in [0.05, 0.1) is 12.2 Å². The number of hydrogen-bond acceptors (Lipinski definition) is 4. The molecule has 2 unspecified atom stereocenters. The third-order valence-corrected chi connectivity index (χ3v) is 3.76. The monoisotopic (exact) mass is 291 g/mol. The van der Waals surface area contributed by atoms with Gasteiger partial charge in [-0.3, -0.25) is 4.79 Å². The summed E-state index contributed by atoms with van der Waals surface area (Å²) in [6.45, 7) is 6.46. The average molecular weight is 291 g/mol. The third kappa shape index (κ3) is 3.54. The first-order chi connectivity index (χ1) is 9.88. The molecule has 1 aromatic carbocycles. The molecule has 1 heterocycles. The molecule has 0 bridgehead atoms. The zero-order chi connectivity index (χ0) is 15.6. The fourth-order valence-electron chi connectivity index (χ4n) is 2.50. The van der Waals surface area contributed by atoms with Crippen molar-refractivity contribution in [3.05, 3.63) is 23.8 Å². The van der Waals surface area contributed by atoms with Gasteiger partial charge in [0.2, 0.25) is 5.78 Å².